The first-order chi connectivity index (χ1) is 12.3. The fourth-order valence-electron chi connectivity index (χ4n) is 3.76. The monoisotopic (exact) mass is 336 g/mol. The van der Waals surface area contributed by atoms with Gasteiger partial charge in [-0.3, -0.25) is 4.90 Å². The Kier molecular flexibility index (Phi) is 3.43. The molecular weight excluding hydrogens is 316 g/mol. The van der Waals surface area contributed by atoms with E-state index in [9.17, 15) is 0 Å². The third kappa shape index (κ3) is 2.47. The van der Waals surface area contributed by atoms with Crippen LogP contribution < -0.4 is 4.90 Å². The summed E-state index contributed by atoms with van der Waals surface area (Å²) in [5.74, 6) is 1.71. The highest BCUT2D eigenvalue weighted by Crippen LogP contribution is 2.26. The molecule has 2 aliphatic heterocycles. The Hall–Kier alpha value is -2.51. The van der Waals surface area contributed by atoms with Gasteiger partial charge in [0.1, 0.15) is 5.82 Å². The summed E-state index contributed by atoms with van der Waals surface area (Å²) < 4.78 is 7.78. The number of ether oxygens (including phenoxy) is 1. The lowest BCUT2D eigenvalue weighted by Gasteiger charge is -2.33. The van der Waals surface area contributed by atoms with Gasteiger partial charge in [0.15, 0.2) is 11.5 Å². The van der Waals surface area contributed by atoms with Crippen molar-refractivity contribution in [3.63, 3.8) is 0 Å². The van der Waals surface area contributed by atoms with Gasteiger partial charge in [-0.1, -0.05) is 30.3 Å². The molecule has 128 valence electrons. The lowest BCUT2D eigenvalue weighted by atomic mass is 10.1. The minimum atomic E-state index is 0.255. The van der Waals surface area contributed by atoms with Gasteiger partial charge in [0.2, 0.25) is 0 Å². The lowest BCUT2D eigenvalue weighted by molar-refractivity contribution is -0.0362. The molecule has 0 aliphatic carbocycles. The van der Waals surface area contributed by atoms with E-state index in [-0.39, 0.29) is 6.10 Å². The standard InChI is InChI=1S/C18H20N6O/c1-22-9-10-25-15-12-23(11-14(15)22)17-8-7-16-19-20-18(24(16)21-17)13-5-3-2-4-6-13/h2-8,14-15H,9-12H2,1H3. The Morgan fingerprint density at radius 3 is 2.76 bits per heavy atom. The van der Waals surface area contributed by atoms with E-state index in [2.05, 4.69) is 27.0 Å². The molecule has 4 heterocycles. The molecule has 3 aromatic rings. The van der Waals surface area contributed by atoms with Gasteiger partial charge in [-0.2, -0.15) is 4.52 Å². The molecule has 2 saturated heterocycles. The van der Waals surface area contributed by atoms with E-state index in [1.807, 2.05) is 47.0 Å². The Morgan fingerprint density at radius 2 is 1.92 bits per heavy atom. The highest BCUT2D eigenvalue weighted by molar-refractivity contribution is 5.59. The highest BCUT2D eigenvalue weighted by Gasteiger charge is 2.39. The maximum absolute atomic E-state index is 5.95. The van der Waals surface area contributed by atoms with Crippen molar-refractivity contribution >= 4 is 11.5 Å². The summed E-state index contributed by atoms with van der Waals surface area (Å²) in [5, 5.41) is 13.4. The van der Waals surface area contributed by atoms with Gasteiger partial charge in [0.05, 0.1) is 18.8 Å². The summed E-state index contributed by atoms with van der Waals surface area (Å²) >= 11 is 0. The van der Waals surface area contributed by atoms with Crippen LogP contribution in [-0.2, 0) is 4.74 Å². The smallest absolute Gasteiger partial charge is 0.185 e. The fourth-order valence-corrected chi connectivity index (χ4v) is 3.76. The van der Waals surface area contributed by atoms with Gasteiger partial charge >= 0.3 is 0 Å². The number of rotatable bonds is 2. The summed E-state index contributed by atoms with van der Waals surface area (Å²) in [6.07, 6.45) is 0.255. The number of morpholine rings is 1. The van der Waals surface area contributed by atoms with Crippen LogP contribution >= 0.6 is 0 Å². The molecule has 2 aliphatic rings. The van der Waals surface area contributed by atoms with E-state index < -0.39 is 0 Å². The molecule has 1 aromatic carbocycles. The van der Waals surface area contributed by atoms with Crippen LogP contribution in [0.15, 0.2) is 42.5 Å². The first-order valence-corrected chi connectivity index (χ1v) is 8.64. The van der Waals surface area contributed by atoms with Crippen LogP contribution in [0.3, 0.4) is 0 Å². The number of fused-ring (bicyclic) bond motifs is 2. The average molecular weight is 336 g/mol. The van der Waals surface area contributed by atoms with Gasteiger partial charge < -0.3 is 9.64 Å². The molecule has 2 aromatic heterocycles. The summed E-state index contributed by atoms with van der Waals surface area (Å²) in [7, 11) is 2.17. The van der Waals surface area contributed by atoms with E-state index >= 15 is 0 Å². The fraction of sp³-hybridized carbons (Fsp3) is 0.389. The number of anilines is 1. The number of aromatic nitrogens is 4. The topological polar surface area (TPSA) is 58.8 Å². The quantitative estimate of drug-likeness (QED) is 0.703. The zero-order chi connectivity index (χ0) is 16.8. The van der Waals surface area contributed by atoms with Crippen LogP contribution in [0.5, 0.6) is 0 Å². The molecule has 7 nitrogen and oxygen atoms in total. The molecule has 0 amide bonds. The molecule has 0 N–H and O–H groups in total. The van der Waals surface area contributed by atoms with Crippen LogP contribution in [-0.4, -0.2) is 70.1 Å². The van der Waals surface area contributed by atoms with E-state index in [1.54, 1.807) is 0 Å². The van der Waals surface area contributed by atoms with E-state index in [0.717, 1.165) is 49.1 Å². The number of hydrogen-bond donors (Lipinski definition) is 0. The maximum atomic E-state index is 5.95. The Balaban J connectivity index is 1.51. The second kappa shape index (κ2) is 5.79. The van der Waals surface area contributed by atoms with Gasteiger partial charge in [-0.15, -0.1) is 15.3 Å². The number of hydrogen-bond acceptors (Lipinski definition) is 6. The summed E-state index contributed by atoms with van der Waals surface area (Å²) in [6, 6.07) is 14.5. The largest absolute Gasteiger partial charge is 0.373 e. The second-order valence-electron chi connectivity index (χ2n) is 6.71. The van der Waals surface area contributed by atoms with Crippen LogP contribution in [0, 0.1) is 0 Å². The van der Waals surface area contributed by atoms with Crippen molar-refractivity contribution in [3.05, 3.63) is 42.5 Å². The van der Waals surface area contributed by atoms with Gasteiger partial charge in [-0.05, 0) is 19.2 Å². The van der Waals surface area contributed by atoms with Gasteiger partial charge in [0.25, 0.3) is 0 Å². The highest BCUT2D eigenvalue weighted by atomic mass is 16.5. The molecule has 0 radical (unpaired) electrons. The number of benzene rings is 1. The van der Waals surface area contributed by atoms with Crippen molar-refractivity contribution in [3.8, 4) is 11.4 Å². The minimum Gasteiger partial charge on any atom is -0.373 e. The maximum Gasteiger partial charge on any atom is 0.185 e. The van der Waals surface area contributed by atoms with E-state index in [0.29, 0.717) is 6.04 Å². The summed E-state index contributed by atoms with van der Waals surface area (Å²) in [6.45, 7) is 3.60. The molecule has 5 rings (SSSR count). The normalized spacial score (nSPS) is 24.0. The van der Waals surface area contributed by atoms with Crippen LogP contribution in [0.25, 0.3) is 17.0 Å². The number of nitrogens with zero attached hydrogens (tertiary/aromatic N) is 6. The van der Waals surface area contributed by atoms with Gasteiger partial charge in [-0.25, -0.2) is 0 Å². The van der Waals surface area contributed by atoms with Crippen LogP contribution in [0.4, 0.5) is 5.82 Å². The Morgan fingerprint density at radius 1 is 1.04 bits per heavy atom. The van der Waals surface area contributed by atoms with Crippen molar-refractivity contribution in [2.75, 3.05) is 38.2 Å². The molecule has 7 heteroatoms. The SMILES string of the molecule is CN1CCOC2CN(c3ccc4nnc(-c5ccccc5)n4n3)CC21. The number of likely N-dealkylation sites (N-methyl/N-ethyl adjacent to an activating group) is 1. The third-order valence-corrected chi connectivity index (χ3v) is 5.18. The van der Waals surface area contributed by atoms with Crippen molar-refractivity contribution in [1.82, 2.24) is 24.7 Å². The average Bonchev–Trinajstić information content (AvgIpc) is 3.27. The predicted octanol–water partition coefficient (Wildman–Crippen LogP) is 1.31. The predicted molar refractivity (Wildman–Crippen MR) is 94.6 cm³/mol. The minimum absolute atomic E-state index is 0.255. The molecule has 0 saturated carbocycles. The van der Waals surface area contributed by atoms with Crippen molar-refractivity contribution in [2.45, 2.75) is 12.1 Å². The summed E-state index contributed by atoms with van der Waals surface area (Å²) in [5.41, 5.74) is 1.77. The molecule has 25 heavy (non-hydrogen) atoms. The first kappa shape index (κ1) is 14.8. The van der Waals surface area contributed by atoms with Crippen molar-refractivity contribution in [2.24, 2.45) is 0 Å². The van der Waals surface area contributed by atoms with Crippen LogP contribution in [0.1, 0.15) is 0 Å². The second-order valence-corrected chi connectivity index (χ2v) is 6.71. The summed E-state index contributed by atoms with van der Waals surface area (Å²) in [4.78, 5) is 4.69. The van der Waals surface area contributed by atoms with Gasteiger partial charge in [0, 0.05) is 25.2 Å². The van der Waals surface area contributed by atoms with Crippen molar-refractivity contribution in [1.29, 1.82) is 0 Å². The Labute approximate surface area is 145 Å². The lowest BCUT2D eigenvalue weighted by Crippen LogP contribution is -2.48. The molecule has 2 atom stereocenters. The zero-order valence-corrected chi connectivity index (χ0v) is 14.1. The molecule has 0 bridgehead atoms. The van der Waals surface area contributed by atoms with E-state index in [4.69, 9.17) is 9.84 Å². The molecule has 2 unspecified atom stereocenters. The first-order valence-electron chi connectivity index (χ1n) is 8.64. The zero-order valence-electron chi connectivity index (χ0n) is 14.1. The third-order valence-electron chi connectivity index (χ3n) is 5.18. The van der Waals surface area contributed by atoms with E-state index in [1.165, 1.54) is 0 Å². The molecule has 2 fully saturated rings. The molecule has 0 spiro atoms. The molecular formula is C18H20N6O. The van der Waals surface area contributed by atoms with Crippen molar-refractivity contribution < 1.29 is 4.74 Å². The Bertz CT molecular complexity index is 895. The van der Waals surface area contributed by atoms with Crippen LogP contribution in [0.2, 0.25) is 0 Å².